The van der Waals surface area contributed by atoms with Gasteiger partial charge in [0.1, 0.15) is 5.82 Å². The molecule has 0 unspecified atom stereocenters. The molecule has 0 spiro atoms. The average Bonchev–Trinajstić information content (AvgIpc) is 2.87. The van der Waals surface area contributed by atoms with E-state index in [0.717, 1.165) is 21.1 Å². The van der Waals surface area contributed by atoms with Crippen LogP contribution in [0.3, 0.4) is 0 Å². The van der Waals surface area contributed by atoms with Gasteiger partial charge in [0.05, 0.1) is 4.88 Å². The molecule has 3 heterocycles. The van der Waals surface area contributed by atoms with Crippen LogP contribution in [-0.2, 0) is 0 Å². The van der Waals surface area contributed by atoms with Gasteiger partial charge in [-0.15, -0.1) is 21.5 Å². The Morgan fingerprint density at radius 1 is 1.35 bits per heavy atom. The molecular formula is C12H11N5S3. The fraction of sp³-hybridized carbons (Fsp3) is 0.333. The first kappa shape index (κ1) is 12.5. The van der Waals surface area contributed by atoms with Crippen molar-refractivity contribution in [1.29, 1.82) is 0 Å². The predicted octanol–water partition coefficient (Wildman–Crippen LogP) is 3.65. The van der Waals surface area contributed by atoms with Crippen molar-refractivity contribution in [2.75, 3.05) is 0 Å². The van der Waals surface area contributed by atoms with Crippen molar-refractivity contribution >= 4 is 34.6 Å². The summed E-state index contributed by atoms with van der Waals surface area (Å²) in [4.78, 5) is 5.56. The van der Waals surface area contributed by atoms with E-state index in [0.29, 0.717) is 6.04 Å². The van der Waals surface area contributed by atoms with Crippen molar-refractivity contribution < 1.29 is 0 Å². The summed E-state index contributed by atoms with van der Waals surface area (Å²) in [7, 11) is 0. The van der Waals surface area contributed by atoms with Gasteiger partial charge in [-0.3, -0.25) is 4.57 Å². The maximum atomic E-state index is 4.39. The molecule has 0 bridgehead atoms. The van der Waals surface area contributed by atoms with E-state index in [-0.39, 0.29) is 0 Å². The summed E-state index contributed by atoms with van der Waals surface area (Å²) in [6.45, 7) is 1.91. The maximum absolute atomic E-state index is 4.39. The molecule has 0 aromatic carbocycles. The Morgan fingerprint density at radius 3 is 2.90 bits per heavy atom. The zero-order valence-electron chi connectivity index (χ0n) is 10.7. The molecule has 0 atom stereocenters. The molecule has 102 valence electrons. The number of aromatic nitrogens is 5. The molecule has 1 aliphatic carbocycles. The van der Waals surface area contributed by atoms with Gasteiger partial charge in [0.15, 0.2) is 15.3 Å². The van der Waals surface area contributed by atoms with Crippen LogP contribution in [-0.4, -0.2) is 24.1 Å². The Labute approximate surface area is 128 Å². The second-order valence-electron chi connectivity index (χ2n) is 4.59. The molecule has 8 heteroatoms. The number of rotatable bonds is 4. The highest BCUT2D eigenvalue weighted by molar-refractivity contribution is 8.00. The summed E-state index contributed by atoms with van der Waals surface area (Å²) in [5.74, 6) is 1.79. The number of hydrogen-bond donors (Lipinski definition) is 0. The Bertz CT molecular complexity index is 726. The summed E-state index contributed by atoms with van der Waals surface area (Å²) < 4.78 is 7.40. The molecule has 0 amide bonds. The van der Waals surface area contributed by atoms with Gasteiger partial charge in [0, 0.05) is 6.04 Å². The highest BCUT2D eigenvalue weighted by Crippen LogP contribution is 2.43. The van der Waals surface area contributed by atoms with E-state index in [1.165, 1.54) is 29.3 Å². The van der Waals surface area contributed by atoms with Gasteiger partial charge in [-0.25, -0.2) is 4.98 Å². The fourth-order valence-corrected chi connectivity index (χ4v) is 4.34. The highest BCUT2D eigenvalue weighted by Gasteiger charge is 2.30. The van der Waals surface area contributed by atoms with Crippen LogP contribution < -0.4 is 0 Å². The molecule has 3 aromatic heterocycles. The largest absolute Gasteiger partial charge is 0.298 e. The van der Waals surface area contributed by atoms with E-state index in [1.54, 1.807) is 23.1 Å². The van der Waals surface area contributed by atoms with Crippen molar-refractivity contribution in [3.8, 4) is 10.7 Å². The van der Waals surface area contributed by atoms with Crippen LogP contribution in [0.25, 0.3) is 10.7 Å². The van der Waals surface area contributed by atoms with Crippen molar-refractivity contribution in [2.24, 2.45) is 0 Å². The van der Waals surface area contributed by atoms with Crippen LogP contribution in [0.15, 0.2) is 27.0 Å². The van der Waals surface area contributed by atoms with Gasteiger partial charge in [0.2, 0.25) is 0 Å². The molecule has 1 aliphatic rings. The van der Waals surface area contributed by atoms with Crippen LogP contribution in [0.1, 0.15) is 24.7 Å². The minimum Gasteiger partial charge on any atom is -0.298 e. The average molecular weight is 321 g/mol. The van der Waals surface area contributed by atoms with Crippen molar-refractivity contribution in [1.82, 2.24) is 24.1 Å². The first-order valence-corrected chi connectivity index (χ1v) is 8.75. The highest BCUT2D eigenvalue weighted by atomic mass is 32.2. The monoisotopic (exact) mass is 321 g/mol. The quantitative estimate of drug-likeness (QED) is 0.734. The van der Waals surface area contributed by atoms with Gasteiger partial charge in [0.25, 0.3) is 0 Å². The topological polar surface area (TPSA) is 56.5 Å². The van der Waals surface area contributed by atoms with Crippen molar-refractivity contribution in [3.63, 3.8) is 0 Å². The van der Waals surface area contributed by atoms with Gasteiger partial charge in [-0.1, -0.05) is 6.07 Å². The predicted molar refractivity (Wildman–Crippen MR) is 80.4 cm³/mol. The Hall–Kier alpha value is -1.25. The molecule has 0 radical (unpaired) electrons. The van der Waals surface area contributed by atoms with E-state index in [1.807, 2.05) is 13.0 Å². The minimum atomic E-state index is 0.540. The van der Waals surface area contributed by atoms with Crippen LogP contribution in [0.4, 0.5) is 0 Å². The summed E-state index contributed by atoms with van der Waals surface area (Å²) in [6.07, 6.45) is 2.41. The lowest BCUT2D eigenvalue weighted by atomic mass is 10.4. The lowest BCUT2D eigenvalue weighted by Crippen LogP contribution is -1.98. The van der Waals surface area contributed by atoms with E-state index < -0.39 is 0 Å². The Balaban J connectivity index is 1.73. The molecule has 3 aromatic rings. The second-order valence-corrected chi connectivity index (χ2v) is 7.51. The summed E-state index contributed by atoms with van der Waals surface area (Å²) in [6, 6.07) is 4.68. The zero-order valence-corrected chi connectivity index (χ0v) is 13.1. The number of thiophene rings is 1. The molecule has 0 aliphatic heterocycles. The first-order chi connectivity index (χ1) is 9.81. The molecule has 20 heavy (non-hydrogen) atoms. The van der Waals surface area contributed by atoms with Crippen LogP contribution in [0, 0.1) is 6.92 Å². The minimum absolute atomic E-state index is 0.540. The van der Waals surface area contributed by atoms with Gasteiger partial charge < -0.3 is 0 Å². The van der Waals surface area contributed by atoms with E-state index >= 15 is 0 Å². The molecule has 1 fully saturated rings. The molecule has 0 saturated heterocycles. The number of nitrogens with zero attached hydrogens (tertiary/aromatic N) is 5. The second kappa shape index (κ2) is 4.94. The normalized spacial score (nSPS) is 14.8. The standard InChI is InChI=1S/C12H11N5S3/c1-7-13-12(20-16-7)19-11-15-14-10(9-3-2-6-18-9)17(11)8-4-5-8/h2-3,6,8H,4-5H2,1H3. The summed E-state index contributed by atoms with van der Waals surface area (Å²) in [5.41, 5.74) is 0. The van der Waals surface area contributed by atoms with E-state index in [2.05, 4.69) is 35.6 Å². The third kappa shape index (κ3) is 2.27. The SMILES string of the molecule is Cc1nsc(Sc2nnc(-c3cccs3)n2C2CC2)n1. The Morgan fingerprint density at radius 2 is 2.25 bits per heavy atom. The molecular weight excluding hydrogens is 310 g/mol. The van der Waals surface area contributed by atoms with Crippen molar-refractivity contribution in [2.45, 2.75) is 35.3 Å². The zero-order chi connectivity index (χ0) is 13.5. The molecule has 0 N–H and O–H groups in total. The van der Waals surface area contributed by atoms with Crippen LogP contribution >= 0.6 is 34.6 Å². The van der Waals surface area contributed by atoms with Gasteiger partial charge in [-0.2, -0.15) is 4.37 Å². The molecule has 4 rings (SSSR count). The van der Waals surface area contributed by atoms with E-state index in [4.69, 9.17) is 0 Å². The third-order valence-electron chi connectivity index (χ3n) is 3.01. The maximum Gasteiger partial charge on any atom is 0.198 e. The number of aryl methyl sites for hydroxylation is 1. The lowest BCUT2D eigenvalue weighted by Gasteiger charge is -2.05. The smallest absolute Gasteiger partial charge is 0.198 e. The van der Waals surface area contributed by atoms with Crippen molar-refractivity contribution in [3.05, 3.63) is 23.3 Å². The first-order valence-electron chi connectivity index (χ1n) is 6.28. The van der Waals surface area contributed by atoms with E-state index in [9.17, 15) is 0 Å². The molecule has 1 saturated carbocycles. The van der Waals surface area contributed by atoms with Gasteiger partial charge in [-0.05, 0) is 54.5 Å². The fourth-order valence-electron chi connectivity index (χ4n) is 1.98. The molecule has 5 nitrogen and oxygen atoms in total. The third-order valence-corrected chi connectivity index (χ3v) is 5.67. The van der Waals surface area contributed by atoms with Crippen LogP contribution in [0.2, 0.25) is 0 Å². The van der Waals surface area contributed by atoms with Crippen LogP contribution in [0.5, 0.6) is 0 Å². The number of hydrogen-bond acceptors (Lipinski definition) is 7. The summed E-state index contributed by atoms with van der Waals surface area (Å²) in [5, 5.41) is 11.7. The van der Waals surface area contributed by atoms with Gasteiger partial charge >= 0.3 is 0 Å². The lowest BCUT2D eigenvalue weighted by molar-refractivity contribution is 0.670. The Kier molecular flexibility index (Phi) is 3.08. The summed E-state index contributed by atoms with van der Waals surface area (Å²) >= 11 is 4.68.